The number of nitrogens with one attached hydrogen (secondary N) is 1. The zero-order valence-corrected chi connectivity index (χ0v) is 32.7. The van der Waals surface area contributed by atoms with Crippen molar-refractivity contribution in [2.24, 2.45) is 0 Å². The van der Waals surface area contributed by atoms with Crippen molar-refractivity contribution in [3.8, 4) is 17.1 Å². The number of carbonyl (C=O) groups is 2. The van der Waals surface area contributed by atoms with Crippen LogP contribution in [0.5, 0.6) is 6.01 Å². The maximum atomic E-state index is 17.1. The largest absolute Gasteiger partial charge is 0.459 e. The second kappa shape index (κ2) is 14.2. The van der Waals surface area contributed by atoms with Gasteiger partial charge in [0, 0.05) is 49.2 Å². The molecule has 2 aromatic heterocycles. The quantitative estimate of drug-likeness (QED) is 0.196. The molecular formula is C37H43ClF3N7O5S. The molecule has 2 bridgehead atoms. The van der Waals surface area contributed by atoms with E-state index in [0.717, 1.165) is 24.2 Å². The van der Waals surface area contributed by atoms with Gasteiger partial charge >= 0.3 is 18.2 Å². The van der Waals surface area contributed by atoms with Crippen LogP contribution in [0.4, 0.5) is 33.7 Å². The van der Waals surface area contributed by atoms with Gasteiger partial charge in [-0.2, -0.15) is 9.97 Å². The first-order valence-electron chi connectivity index (χ1n) is 17.9. The average molecular weight is 790 g/mol. The number of rotatable bonds is 7. The van der Waals surface area contributed by atoms with Crippen LogP contribution < -0.4 is 15.0 Å². The first-order chi connectivity index (χ1) is 25.3. The third kappa shape index (κ3) is 7.83. The van der Waals surface area contributed by atoms with Gasteiger partial charge in [-0.25, -0.2) is 27.7 Å². The Bertz CT molecular complexity index is 2110. The zero-order valence-electron chi connectivity index (χ0n) is 31.1. The molecule has 3 aliphatic heterocycles. The van der Waals surface area contributed by atoms with Gasteiger partial charge in [-0.3, -0.25) is 15.1 Å². The zero-order chi connectivity index (χ0) is 38.9. The molecule has 4 aromatic rings. The van der Waals surface area contributed by atoms with Crippen LogP contribution in [0.15, 0.2) is 18.2 Å². The average Bonchev–Trinajstić information content (AvgIpc) is 3.57. The summed E-state index contributed by atoms with van der Waals surface area (Å²) in [6.45, 7) is 14.2. The van der Waals surface area contributed by atoms with Crippen LogP contribution in [-0.4, -0.2) is 105 Å². The second-order valence-corrected chi connectivity index (χ2v) is 17.5. The highest BCUT2D eigenvalue weighted by molar-refractivity contribution is 7.22. The molecule has 7 rings (SSSR count). The molecule has 3 unspecified atom stereocenters. The lowest BCUT2D eigenvalue weighted by molar-refractivity contribution is 0.0122. The lowest BCUT2D eigenvalue weighted by atomic mass is 10.0. The van der Waals surface area contributed by atoms with E-state index in [0.29, 0.717) is 43.9 Å². The summed E-state index contributed by atoms with van der Waals surface area (Å²) in [7, 11) is 0. The Labute approximate surface area is 319 Å². The van der Waals surface area contributed by atoms with Crippen molar-refractivity contribution in [1.29, 1.82) is 0 Å². The Morgan fingerprint density at radius 1 is 0.981 bits per heavy atom. The maximum Gasteiger partial charge on any atom is 0.413 e. The normalized spacial score (nSPS) is 20.0. The van der Waals surface area contributed by atoms with Crippen LogP contribution in [0, 0.1) is 11.6 Å². The van der Waals surface area contributed by atoms with Gasteiger partial charge in [-0.05, 0) is 79.5 Å². The maximum absolute atomic E-state index is 17.1. The number of nitrogens with zero attached hydrogens (tertiary/aromatic N) is 6. The van der Waals surface area contributed by atoms with Crippen LogP contribution in [0.3, 0.4) is 0 Å². The molecule has 1 N–H and O–H groups in total. The molecule has 3 fully saturated rings. The second-order valence-electron chi connectivity index (χ2n) is 16.1. The molecule has 290 valence electrons. The molecule has 12 nitrogen and oxygen atoms in total. The van der Waals surface area contributed by atoms with Gasteiger partial charge in [0.05, 0.1) is 27.3 Å². The molecule has 0 spiro atoms. The van der Waals surface area contributed by atoms with Gasteiger partial charge in [0.15, 0.2) is 10.9 Å². The van der Waals surface area contributed by atoms with E-state index in [1.165, 1.54) is 12.1 Å². The van der Waals surface area contributed by atoms with E-state index < -0.39 is 41.2 Å². The molecule has 0 aliphatic carbocycles. The first kappa shape index (κ1) is 38.1. The summed E-state index contributed by atoms with van der Waals surface area (Å²) in [6.07, 6.45) is -0.977. The summed E-state index contributed by atoms with van der Waals surface area (Å²) in [4.78, 5) is 45.2. The highest BCUT2D eigenvalue weighted by Crippen LogP contribution is 2.44. The summed E-state index contributed by atoms with van der Waals surface area (Å²) in [5.74, 6) is -1.04. The van der Waals surface area contributed by atoms with Crippen molar-refractivity contribution in [3.63, 3.8) is 0 Å². The van der Waals surface area contributed by atoms with E-state index in [4.69, 9.17) is 30.8 Å². The summed E-state index contributed by atoms with van der Waals surface area (Å²) in [5.41, 5.74) is -1.33. The summed E-state index contributed by atoms with van der Waals surface area (Å²) in [6, 6.07) is 3.71. The van der Waals surface area contributed by atoms with Crippen LogP contribution in [0.1, 0.15) is 61.3 Å². The van der Waals surface area contributed by atoms with Crippen molar-refractivity contribution in [3.05, 3.63) is 34.9 Å². The van der Waals surface area contributed by atoms with Gasteiger partial charge in [-0.1, -0.05) is 22.9 Å². The third-order valence-corrected chi connectivity index (χ3v) is 10.6. The fraction of sp³-hybridized carbons (Fsp3) is 0.541. The number of piperazine rings is 1. The van der Waals surface area contributed by atoms with E-state index in [1.807, 2.05) is 37.5 Å². The number of likely N-dealkylation sites (tertiary alicyclic amines) is 1. The Morgan fingerprint density at radius 2 is 1.65 bits per heavy atom. The Hall–Kier alpha value is -4.15. The van der Waals surface area contributed by atoms with E-state index in [-0.39, 0.29) is 61.2 Å². The fourth-order valence-corrected chi connectivity index (χ4v) is 8.42. The SMILES string of the molecule is CC(CN1CC(F)C1)Oc1nc(N2CC3CCC(C2)N3C(=O)OC(C)(C)C)c2cc(Cl)c(-c3ccc(F)c4sc(NC(=O)OC(C)(C)C)nc34)c(F)c2n1. The number of halogens is 4. The van der Waals surface area contributed by atoms with Gasteiger partial charge in [0.2, 0.25) is 0 Å². The highest BCUT2D eigenvalue weighted by atomic mass is 35.5. The van der Waals surface area contributed by atoms with Crippen molar-refractivity contribution in [2.75, 3.05) is 42.9 Å². The summed E-state index contributed by atoms with van der Waals surface area (Å²) in [5, 5.41) is 2.91. The summed E-state index contributed by atoms with van der Waals surface area (Å²) < 4.78 is 63.1. The van der Waals surface area contributed by atoms with E-state index in [9.17, 15) is 14.0 Å². The molecule has 54 heavy (non-hydrogen) atoms. The minimum Gasteiger partial charge on any atom is -0.459 e. The number of ether oxygens (including phenoxy) is 3. The smallest absolute Gasteiger partial charge is 0.413 e. The minimum absolute atomic E-state index is 0.00312. The molecule has 2 amide bonds. The number of hydrogen-bond acceptors (Lipinski definition) is 11. The van der Waals surface area contributed by atoms with Gasteiger partial charge in [-0.15, -0.1) is 0 Å². The molecular weight excluding hydrogens is 747 g/mol. The Kier molecular flexibility index (Phi) is 10.0. The van der Waals surface area contributed by atoms with Crippen molar-refractivity contribution < 1.29 is 37.0 Å². The number of aromatic nitrogens is 3. The van der Waals surface area contributed by atoms with Gasteiger partial charge in [0.25, 0.3) is 0 Å². The number of hydrogen-bond donors (Lipinski definition) is 1. The molecule has 0 saturated carbocycles. The highest BCUT2D eigenvalue weighted by Gasteiger charge is 2.45. The minimum atomic E-state index is -0.882. The monoisotopic (exact) mass is 789 g/mol. The number of benzene rings is 2. The van der Waals surface area contributed by atoms with Crippen molar-refractivity contribution >= 4 is 67.2 Å². The predicted molar refractivity (Wildman–Crippen MR) is 201 cm³/mol. The lowest BCUT2D eigenvalue weighted by Crippen LogP contribution is -2.57. The summed E-state index contributed by atoms with van der Waals surface area (Å²) >= 11 is 7.79. The van der Waals surface area contributed by atoms with E-state index in [1.54, 1.807) is 31.7 Å². The molecule has 3 aliphatic rings. The molecule has 2 aromatic carbocycles. The number of anilines is 2. The lowest BCUT2D eigenvalue weighted by Gasteiger charge is -2.42. The van der Waals surface area contributed by atoms with Crippen molar-refractivity contribution in [2.45, 2.75) is 96.9 Å². The number of amides is 2. The molecule has 17 heteroatoms. The van der Waals surface area contributed by atoms with Crippen molar-refractivity contribution in [1.82, 2.24) is 24.8 Å². The van der Waals surface area contributed by atoms with Gasteiger partial charge < -0.3 is 19.1 Å². The third-order valence-electron chi connectivity index (χ3n) is 9.34. The predicted octanol–water partition coefficient (Wildman–Crippen LogP) is 8.19. The Balaban J connectivity index is 1.29. The van der Waals surface area contributed by atoms with E-state index >= 15 is 8.78 Å². The number of thiazole rings is 1. The van der Waals surface area contributed by atoms with Gasteiger partial charge in [0.1, 0.15) is 40.6 Å². The standard InChI is InChI=1S/C37H43ClF3N7O5S/c1-18(13-46-14-19(39)15-46)51-32-42-28-23(31(44-32)47-16-20-8-9-21(17-47)48(20)35(50)53-37(5,6)7)12-24(38)26(27(28)41)22-10-11-25(40)30-29(22)43-33(54-30)45-34(49)52-36(2,3)4/h10-12,18-21H,8-9,13-17H2,1-7H3,(H,43,45,49). The first-order valence-corrected chi connectivity index (χ1v) is 19.1. The van der Waals surface area contributed by atoms with Crippen LogP contribution in [0.2, 0.25) is 5.02 Å². The number of alkyl halides is 1. The van der Waals surface area contributed by atoms with Crippen LogP contribution >= 0.6 is 22.9 Å². The number of fused-ring (bicyclic) bond motifs is 4. The fourth-order valence-electron chi connectivity index (χ4n) is 7.25. The topological polar surface area (TPSA) is 122 Å². The Morgan fingerprint density at radius 3 is 2.28 bits per heavy atom. The number of carbonyl (C=O) groups excluding carboxylic acids is 2. The van der Waals surface area contributed by atoms with Crippen LogP contribution in [-0.2, 0) is 9.47 Å². The molecule has 3 atom stereocenters. The molecule has 0 radical (unpaired) electrons. The van der Waals surface area contributed by atoms with E-state index in [2.05, 4.69) is 15.3 Å². The molecule has 3 saturated heterocycles. The van der Waals surface area contributed by atoms with Crippen LogP contribution in [0.25, 0.3) is 32.2 Å². The molecule has 5 heterocycles.